The van der Waals surface area contributed by atoms with Crippen molar-refractivity contribution in [2.45, 2.75) is 19.4 Å². The molecule has 0 radical (unpaired) electrons. The van der Waals surface area contributed by atoms with Gasteiger partial charge in [0.2, 0.25) is 0 Å². The third kappa shape index (κ3) is 3.08. The topological polar surface area (TPSA) is 55.6 Å². The molecular weight excluding hydrogens is 242 g/mol. The Balaban J connectivity index is 1.60. The first-order chi connectivity index (χ1) is 9.31. The highest BCUT2D eigenvalue weighted by atomic mass is 16.5. The molecule has 1 aliphatic rings. The molecule has 0 amide bonds. The monoisotopic (exact) mass is 261 g/mol. The van der Waals surface area contributed by atoms with Gasteiger partial charge in [0.15, 0.2) is 5.82 Å². The van der Waals surface area contributed by atoms with Crippen molar-refractivity contribution in [2.75, 3.05) is 26.8 Å². The Labute approximate surface area is 112 Å². The standard InChI is InChI=1S/C13H19N5O/c1-17(9-11-3-7-19-8-4-11)10-12-15-13-14-5-2-6-18(13)16-12/h2,5-6,11H,3-4,7-10H2,1H3. The van der Waals surface area contributed by atoms with Crippen molar-refractivity contribution >= 4 is 5.78 Å². The Hall–Kier alpha value is -1.53. The molecule has 3 heterocycles. The number of fused-ring (bicyclic) bond motifs is 1. The van der Waals surface area contributed by atoms with Crippen LogP contribution in [0.25, 0.3) is 5.78 Å². The van der Waals surface area contributed by atoms with Crippen LogP contribution < -0.4 is 0 Å². The second kappa shape index (κ2) is 5.63. The van der Waals surface area contributed by atoms with Crippen molar-refractivity contribution in [3.8, 4) is 0 Å². The fourth-order valence-electron chi connectivity index (χ4n) is 2.52. The third-order valence-electron chi connectivity index (χ3n) is 3.48. The van der Waals surface area contributed by atoms with Gasteiger partial charge in [-0.05, 0) is 31.9 Å². The van der Waals surface area contributed by atoms with E-state index in [0.29, 0.717) is 5.78 Å². The van der Waals surface area contributed by atoms with Gasteiger partial charge in [-0.25, -0.2) is 9.50 Å². The predicted molar refractivity (Wildman–Crippen MR) is 70.7 cm³/mol. The smallest absolute Gasteiger partial charge is 0.252 e. The molecule has 0 aromatic carbocycles. The number of hydrogen-bond donors (Lipinski definition) is 0. The second-order valence-electron chi connectivity index (χ2n) is 5.14. The summed E-state index contributed by atoms with van der Waals surface area (Å²) in [6.07, 6.45) is 5.92. The Morgan fingerprint density at radius 1 is 1.42 bits per heavy atom. The van der Waals surface area contributed by atoms with Crippen LogP contribution in [0.15, 0.2) is 18.5 Å². The summed E-state index contributed by atoms with van der Waals surface area (Å²) in [4.78, 5) is 10.9. The molecule has 6 heteroatoms. The third-order valence-corrected chi connectivity index (χ3v) is 3.48. The Bertz CT molecular complexity index is 502. The number of aromatic nitrogens is 4. The van der Waals surface area contributed by atoms with Crippen LogP contribution in [-0.4, -0.2) is 51.3 Å². The van der Waals surface area contributed by atoms with Gasteiger partial charge in [-0.3, -0.25) is 4.90 Å². The largest absolute Gasteiger partial charge is 0.381 e. The summed E-state index contributed by atoms with van der Waals surface area (Å²) in [7, 11) is 2.12. The lowest BCUT2D eigenvalue weighted by atomic mass is 10.00. The summed E-state index contributed by atoms with van der Waals surface area (Å²) in [5.74, 6) is 2.22. The maximum Gasteiger partial charge on any atom is 0.252 e. The fourth-order valence-corrected chi connectivity index (χ4v) is 2.52. The predicted octanol–water partition coefficient (Wildman–Crippen LogP) is 0.983. The summed E-state index contributed by atoms with van der Waals surface area (Å²) in [5.41, 5.74) is 0. The van der Waals surface area contributed by atoms with E-state index in [1.165, 1.54) is 0 Å². The normalized spacial score (nSPS) is 17.4. The van der Waals surface area contributed by atoms with E-state index in [2.05, 4.69) is 27.0 Å². The van der Waals surface area contributed by atoms with Crippen LogP contribution in [0.3, 0.4) is 0 Å². The van der Waals surface area contributed by atoms with Gasteiger partial charge in [0.05, 0.1) is 6.54 Å². The lowest BCUT2D eigenvalue weighted by Gasteiger charge is -2.26. The van der Waals surface area contributed by atoms with Gasteiger partial charge >= 0.3 is 0 Å². The molecule has 0 atom stereocenters. The first-order valence-corrected chi connectivity index (χ1v) is 6.74. The summed E-state index contributed by atoms with van der Waals surface area (Å²) in [6, 6.07) is 1.86. The van der Waals surface area contributed by atoms with Crippen LogP contribution in [-0.2, 0) is 11.3 Å². The molecular formula is C13H19N5O. The van der Waals surface area contributed by atoms with Gasteiger partial charge in [0, 0.05) is 32.2 Å². The van der Waals surface area contributed by atoms with Crippen molar-refractivity contribution < 1.29 is 4.74 Å². The van der Waals surface area contributed by atoms with E-state index >= 15 is 0 Å². The molecule has 0 saturated carbocycles. The molecule has 0 spiro atoms. The minimum atomic E-state index is 0.664. The van der Waals surface area contributed by atoms with Gasteiger partial charge in [-0.1, -0.05) is 0 Å². The number of ether oxygens (including phenoxy) is 1. The van der Waals surface area contributed by atoms with Crippen LogP contribution in [0.1, 0.15) is 18.7 Å². The molecule has 1 aliphatic heterocycles. The van der Waals surface area contributed by atoms with Crippen LogP contribution >= 0.6 is 0 Å². The second-order valence-corrected chi connectivity index (χ2v) is 5.14. The Morgan fingerprint density at radius 3 is 3.05 bits per heavy atom. The van der Waals surface area contributed by atoms with Crippen LogP contribution in [0.4, 0.5) is 0 Å². The molecule has 0 bridgehead atoms. The zero-order chi connectivity index (χ0) is 13.1. The van der Waals surface area contributed by atoms with Gasteiger partial charge < -0.3 is 4.74 Å². The van der Waals surface area contributed by atoms with Gasteiger partial charge in [0.25, 0.3) is 5.78 Å². The lowest BCUT2D eigenvalue weighted by Crippen LogP contribution is -2.29. The zero-order valence-corrected chi connectivity index (χ0v) is 11.2. The lowest BCUT2D eigenvalue weighted by molar-refractivity contribution is 0.0547. The minimum Gasteiger partial charge on any atom is -0.381 e. The van der Waals surface area contributed by atoms with Crippen molar-refractivity contribution in [3.05, 3.63) is 24.3 Å². The average molecular weight is 261 g/mol. The first kappa shape index (κ1) is 12.5. The molecule has 3 rings (SSSR count). The minimum absolute atomic E-state index is 0.664. The number of rotatable bonds is 4. The van der Waals surface area contributed by atoms with Gasteiger partial charge in [-0.15, -0.1) is 5.10 Å². The maximum absolute atomic E-state index is 5.38. The molecule has 0 N–H and O–H groups in total. The van der Waals surface area contributed by atoms with Crippen molar-refractivity contribution in [2.24, 2.45) is 5.92 Å². The molecule has 1 fully saturated rings. The Kier molecular flexibility index (Phi) is 3.70. The molecule has 1 saturated heterocycles. The maximum atomic E-state index is 5.38. The zero-order valence-electron chi connectivity index (χ0n) is 11.2. The van der Waals surface area contributed by atoms with E-state index < -0.39 is 0 Å². The molecule has 2 aromatic heterocycles. The SMILES string of the molecule is CN(Cc1nc2ncccn2n1)CC1CCOCC1. The Morgan fingerprint density at radius 2 is 2.26 bits per heavy atom. The highest BCUT2D eigenvalue weighted by Crippen LogP contribution is 2.16. The summed E-state index contributed by atoms with van der Waals surface area (Å²) in [5, 5.41) is 4.42. The fraction of sp³-hybridized carbons (Fsp3) is 0.615. The van der Waals surface area contributed by atoms with Crippen molar-refractivity contribution in [3.63, 3.8) is 0 Å². The van der Waals surface area contributed by atoms with Crippen LogP contribution in [0.2, 0.25) is 0 Å². The van der Waals surface area contributed by atoms with Gasteiger partial charge in [-0.2, -0.15) is 4.98 Å². The van der Waals surface area contributed by atoms with E-state index in [0.717, 1.165) is 50.9 Å². The first-order valence-electron chi connectivity index (χ1n) is 6.74. The highest BCUT2D eigenvalue weighted by molar-refractivity contribution is 5.24. The van der Waals surface area contributed by atoms with E-state index in [9.17, 15) is 0 Å². The van der Waals surface area contributed by atoms with E-state index in [1.807, 2.05) is 12.3 Å². The summed E-state index contributed by atoms with van der Waals surface area (Å²) >= 11 is 0. The molecule has 0 aliphatic carbocycles. The number of nitrogens with zero attached hydrogens (tertiary/aromatic N) is 5. The molecule has 0 unspecified atom stereocenters. The van der Waals surface area contributed by atoms with E-state index in [-0.39, 0.29) is 0 Å². The average Bonchev–Trinajstić information content (AvgIpc) is 2.81. The van der Waals surface area contributed by atoms with Crippen molar-refractivity contribution in [1.29, 1.82) is 0 Å². The van der Waals surface area contributed by atoms with Crippen molar-refractivity contribution in [1.82, 2.24) is 24.5 Å². The summed E-state index contributed by atoms with van der Waals surface area (Å²) in [6.45, 7) is 3.64. The molecule has 2 aromatic rings. The molecule has 6 nitrogen and oxygen atoms in total. The highest BCUT2D eigenvalue weighted by Gasteiger charge is 2.16. The van der Waals surface area contributed by atoms with Crippen LogP contribution in [0.5, 0.6) is 0 Å². The summed E-state index contributed by atoms with van der Waals surface area (Å²) < 4.78 is 7.10. The number of hydrogen-bond acceptors (Lipinski definition) is 5. The molecule has 102 valence electrons. The van der Waals surface area contributed by atoms with E-state index in [1.54, 1.807) is 10.7 Å². The van der Waals surface area contributed by atoms with Crippen LogP contribution in [0, 0.1) is 5.92 Å². The van der Waals surface area contributed by atoms with Gasteiger partial charge in [0.1, 0.15) is 0 Å². The quantitative estimate of drug-likeness (QED) is 0.821. The van der Waals surface area contributed by atoms with E-state index in [4.69, 9.17) is 4.74 Å². The molecule has 19 heavy (non-hydrogen) atoms.